The van der Waals surface area contributed by atoms with E-state index in [0.717, 1.165) is 5.01 Å². The molecule has 0 saturated carbocycles. The Morgan fingerprint density at radius 3 is 2.71 bits per heavy atom. The van der Waals surface area contributed by atoms with Crippen molar-refractivity contribution in [2.24, 2.45) is 11.0 Å². The van der Waals surface area contributed by atoms with Crippen molar-refractivity contribution in [3.8, 4) is 11.5 Å². The first kappa shape index (κ1) is 11.3. The summed E-state index contributed by atoms with van der Waals surface area (Å²) in [5.41, 5.74) is 0.948. The zero-order valence-electron chi connectivity index (χ0n) is 9.16. The normalized spacial score (nSPS) is 19.2. The van der Waals surface area contributed by atoms with Crippen molar-refractivity contribution < 1.29 is 20.1 Å². The maximum atomic E-state index is 10.8. The first-order valence-electron chi connectivity index (χ1n) is 5.10. The van der Waals surface area contributed by atoms with Gasteiger partial charge in [0.15, 0.2) is 0 Å². The Morgan fingerprint density at radius 2 is 2.18 bits per heavy atom. The standard InChI is InChI=1S/C11H12N2O4/c1-6-5-13(11(16)17)12-10(6)8-3-2-7(14)4-9(8)15/h2-4,6,14-15H,5H2,1H3,(H,16,17). The van der Waals surface area contributed by atoms with Crippen molar-refractivity contribution in [1.82, 2.24) is 5.01 Å². The fraction of sp³-hybridized carbons (Fsp3) is 0.273. The largest absolute Gasteiger partial charge is 0.508 e. The quantitative estimate of drug-likeness (QED) is 0.687. The second kappa shape index (κ2) is 3.97. The first-order valence-corrected chi connectivity index (χ1v) is 5.10. The third-order valence-corrected chi connectivity index (χ3v) is 2.62. The number of hydrogen-bond donors (Lipinski definition) is 3. The minimum atomic E-state index is -1.12. The van der Waals surface area contributed by atoms with E-state index in [1.54, 1.807) is 0 Å². The Bertz CT molecular complexity index is 498. The van der Waals surface area contributed by atoms with Crippen LogP contribution in [0.5, 0.6) is 11.5 Å². The molecule has 1 aliphatic rings. The minimum Gasteiger partial charge on any atom is -0.508 e. The number of phenols is 2. The molecular formula is C11H12N2O4. The van der Waals surface area contributed by atoms with E-state index in [4.69, 9.17) is 5.11 Å². The maximum Gasteiger partial charge on any atom is 0.427 e. The fourth-order valence-corrected chi connectivity index (χ4v) is 1.79. The summed E-state index contributed by atoms with van der Waals surface area (Å²) in [5, 5.41) is 32.6. The van der Waals surface area contributed by atoms with Crippen LogP contribution in [0.4, 0.5) is 4.79 Å². The Hall–Kier alpha value is -2.24. The Labute approximate surface area is 97.4 Å². The molecule has 6 heteroatoms. The molecule has 0 fully saturated rings. The molecule has 2 rings (SSSR count). The van der Waals surface area contributed by atoms with Crippen molar-refractivity contribution in [3.63, 3.8) is 0 Å². The van der Waals surface area contributed by atoms with E-state index >= 15 is 0 Å². The molecule has 0 saturated heterocycles. The lowest BCUT2D eigenvalue weighted by Gasteiger charge is -2.07. The van der Waals surface area contributed by atoms with Crippen LogP contribution in [0.1, 0.15) is 12.5 Å². The molecule has 17 heavy (non-hydrogen) atoms. The van der Waals surface area contributed by atoms with Gasteiger partial charge in [0.2, 0.25) is 0 Å². The SMILES string of the molecule is CC1CN(C(=O)O)N=C1c1ccc(O)cc1O. The summed E-state index contributed by atoms with van der Waals surface area (Å²) in [7, 11) is 0. The van der Waals surface area contributed by atoms with Crippen LogP contribution in [-0.2, 0) is 0 Å². The lowest BCUT2D eigenvalue weighted by molar-refractivity contribution is 0.149. The van der Waals surface area contributed by atoms with Crippen LogP contribution in [0.2, 0.25) is 0 Å². The molecule has 1 heterocycles. The number of nitrogens with zero attached hydrogens (tertiary/aromatic N) is 2. The molecular weight excluding hydrogens is 224 g/mol. The zero-order valence-corrected chi connectivity index (χ0v) is 9.16. The van der Waals surface area contributed by atoms with Gasteiger partial charge in [0.25, 0.3) is 0 Å². The highest BCUT2D eigenvalue weighted by atomic mass is 16.4. The van der Waals surface area contributed by atoms with Crippen molar-refractivity contribution in [1.29, 1.82) is 0 Å². The van der Waals surface area contributed by atoms with Gasteiger partial charge in [-0.3, -0.25) is 0 Å². The maximum absolute atomic E-state index is 10.8. The molecule has 3 N–H and O–H groups in total. The van der Waals surface area contributed by atoms with Crippen molar-refractivity contribution in [2.75, 3.05) is 6.54 Å². The van der Waals surface area contributed by atoms with E-state index in [1.165, 1.54) is 18.2 Å². The zero-order chi connectivity index (χ0) is 12.6. The second-order valence-corrected chi connectivity index (χ2v) is 3.95. The van der Waals surface area contributed by atoms with E-state index in [1.807, 2.05) is 6.92 Å². The van der Waals surface area contributed by atoms with Crippen LogP contribution in [0.3, 0.4) is 0 Å². The Morgan fingerprint density at radius 1 is 1.47 bits per heavy atom. The lowest BCUT2D eigenvalue weighted by atomic mass is 9.98. The highest BCUT2D eigenvalue weighted by molar-refractivity contribution is 6.05. The molecule has 0 radical (unpaired) electrons. The summed E-state index contributed by atoms with van der Waals surface area (Å²) in [6, 6.07) is 4.15. The number of hydrazone groups is 1. The lowest BCUT2D eigenvalue weighted by Crippen LogP contribution is -2.23. The Kier molecular flexibility index (Phi) is 2.63. The summed E-state index contributed by atoms with van der Waals surface area (Å²) in [5.74, 6) is -0.253. The van der Waals surface area contributed by atoms with Gasteiger partial charge in [-0.05, 0) is 12.1 Å². The van der Waals surface area contributed by atoms with E-state index in [2.05, 4.69) is 5.10 Å². The number of benzene rings is 1. The van der Waals surface area contributed by atoms with Gasteiger partial charge < -0.3 is 15.3 Å². The first-order chi connectivity index (χ1) is 7.99. The summed E-state index contributed by atoms with van der Waals surface area (Å²) >= 11 is 0. The van der Waals surface area contributed by atoms with Gasteiger partial charge in [0.1, 0.15) is 11.5 Å². The van der Waals surface area contributed by atoms with Crippen LogP contribution in [0, 0.1) is 5.92 Å². The molecule has 90 valence electrons. The predicted molar refractivity (Wildman–Crippen MR) is 60.2 cm³/mol. The van der Waals surface area contributed by atoms with Crippen molar-refractivity contribution in [3.05, 3.63) is 23.8 Å². The van der Waals surface area contributed by atoms with Gasteiger partial charge in [0, 0.05) is 17.5 Å². The molecule has 0 aliphatic carbocycles. The van der Waals surface area contributed by atoms with Gasteiger partial charge >= 0.3 is 6.09 Å². The molecule has 1 aromatic rings. The number of carboxylic acid groups (broad SMARTS) is 1. The monoisotopic (exact) mass is 236 g/mol. The minimum absolute atomic E-state index is 0.0485. The Balaban J connectivity index is 2.39. The molecule has 1 aromatic carbocycles. The highest BCUT2D eigenvalue weighted by Gasteiger charge is 2.29. The number of aromatic hydroxyl groups is 2. The molecule has 1 atom stereocenters. The summed E-state index contributed by atoms with van der Waals surface area (Å²) in [6.07, 6.45) is -1.12. The molecule has 0 spiro atoms. The van der Waals surface area contributed by atoms with Crippen LogP contribution in [-0.4, -0.2) is 38.7 Å². The molecule has 6 nitrogen and oxygen atoms in total. The summed E-state index contributed by atoms with van der Waals surface area (Å²) in [6.45, 7) is 2.10. The average molecular weight is 236 g/mol. The third kappa shape index (κ3) is 2.01. The third-order valence-electron chi connectivity index (χ3n) is 2.62. The van der Waals surface area contributed by atoms with Crippen LogP contribution in [0.25, 0.3) is 0 Å². The van der Waals surface area contributed by atoms with Gasteiger partial charge in [-0.25, -0.2) is 4.79 Å². The van der Waals surface area contributed by atoms with Gasteiger partial charge in [-0.2, -0.15) is 10.1 Å². The molecule has 0 bridgehead atoms. The van der Waals surface area contributed by atoms with Crippen LogP contribution >= 0.6 is 0 Å². The number of amides is 1. The van der Waals surface area contributed by atoms with Crippen LogP contribution in [0.15, 0.2) is 23.3 Å². The van der Waals surface area contributed by atoms with Crippen LogP contribution < -0.4 is 0 Å². The number of phenolic OH excluding ortho intramolecular Hbond substituents is 2. The van der Waals surface area contributed by atoms with Gasteiger partial charge in [-0.1, -0.05) is 6.92 Å². The number of carbonyl (C=O) groups is 1. The van der Waals surface area contributed by atoms with Gasteiger partial charge in [0.05, 0.1) is 12.3 Å². The van der Waals surface area contributed by atoms with E-state index < -0.39 is 6.09 Å². The second-order valence-electron chi connectivity index (χ2n) is 3.95. The molecule has 1 amide bonds. The van der Waals surface area contributed by atoms with Crippen molar-refractivity contribution in [2.45, 2.75) is 6.92 Å². The summed E-state index contributed by atoms with van der Waals surface area (Å²) < 4.78 is 0. The molecule has 1 aliphatic heterocycles. The van der Waals surface area contributed by atoms with Gasteiger partial charge in [-0.15, -0.1) is 0 Å². The fourth-order valence-electron chi connectivity index (χ4n) is 1.79. The molecule has 1 unspecified atom stereocenters. The number of hydrogen-bond acceptors (Lipinski definition) is 4. The van der Waals surface area contributed by atoms with E-state index in [9.17, 15) is 15.0 Å². The predicted octanol–water partition coefficient (Wildman–Crippen LogP) is 1.43. The van der Waals surface area contributed by atoms with E-state index in [0.29, 0.717) is 11.3 Å². The highest BCUT2D eigenvalue weighted by Crippen LogP contribution is 2.28. The number of rotatable bonds is 1. The molecule has 0 aromatic heterocycles. The van der Waals surface area contributed by atoms with Crippen molar-refractivity contribution >= 4 is 11.8 Å². The van der Waals surface area contributed by atoms with E-state index in [-0.39, 0.29) is 24.0 Å². The summed E-state index contributed by atoms with van der Waals surface area (Å²) in [4.78, 5) is 10.8. The topological polar surface area (TPSA) is 93.4 Å². The average Bonchev–Trinajstić information content (AvgIpc) is 2.61. The smallest absolute Gasteiger partial charge is 0.427 e.